The Kier molecular flexibility index (Phi) is 8.53. The van der Waals surface area contributed by atoms with Crippen LogP contribution in [0.25, 0.3) is 0 Å². The predicted molar refractivity (Wildman–Crippen MR) is 115 cm³/mol. The molecule has 2 aliphatic rings. The van der Waals surface area contributed by atoms with Crippen molar-refractivity contribution in [1.82, 2.24) is 9.80 Å². The minimum atomic E-state index is 0.222. The summed E-state index contributed by atoms with van der Waals surface area (Å²) in [7, 11) is 0. The van der Waals surface area contributed by atoms with Gasteiger partial charge in [-0.05, 0) is 49.9 Å². The molecule has 0 N–H and O–H groups in total. The van der Waals surface area contributed by atoms with Gasteiger partial charge >= 0.3 is 0 Å². The first kappa shape index (κ1) is 21.8. The third kappa shape index (κ3) is 6.56. The summed E-state index contributed by atoms with van der Waals surface area (Å²) in [5, 5.41) is 0. The monoisotopic (exact) mass is 400 g/mol. The lowest BCUT2D eigenvalue weighted by Gasteiger charge is -2.38. The van der Waals surface area contributed by atoms with Crippen molar-refractivity contribution in [2.75, 3.05) is 39.3 Å². The van der Waals surface area contributed by atoms with E-state index in [0.29, 0.717) is 24.9 Å². The fraction of sp³-hybridized carbons (Fsp3) is 0.667. The molecule has 1 saturated carbocycles. The zero-order valence-electron chi connectivity index (χ0n) is 17.9. The zero-order valence-corrected chi connectivity index (χ0v) is 17.9. The molecule has 1 saturated heterocycles. The van der Waals surface area contributed by atoms with Crippen molar-refractivity contribution in [2.45, 2.75) is 58.3 Å². The van der Waals surface area contributed by atoms with Gasteiger partial charge in [0.05, 0.1) is 6.61 Å². The van der Waals surface area contributed by atoms with Crippen molar-refractivity contribution in [3.05, 3.63) is 29.8 Å². The highest BCUT2D eigenvalue weighted by Crippen LogP contribution is 2.28. The minimum absolute atomic E-state index is 0.222. The number of nitrogens with zero attached hydrogens (tertiary/aromatic N) is 2. The summed E-state index contributed by atoms with van der Waals surface area (Å²) in [4.78, 5) is 28.9. The van der Waals surface area contributed by atoms with Crippen LogP contribution in [0.5, 0.6) is 5.75 Å². The van der Waals surface area contributed by atoms with Gasteiger partial charge in [-0.2, -0.15) is 0 Å². The van der Waals surface area contributed by atoms with Gasteiger partial charge in [-0.3, -0.25) is 14.5 Å². The average Bonchev–Trinajstić information content (AvgIpc) is 2.71. The van der Waals surface area contributed by atoms with Gasteiger partial charge in [-0.15, -0.1) is 0 Å². The molecule has 160 valence electrons. The van der Waals surface area contributed by atoms with Gasteiger partial charge in [0.1, 0.15) is 5.75 Å². The molecule has 0 bridgehead atoms. The fourth-order valence-electron chi connectivity index (χ4n) is 4.00. The first-order valence-electron chi connectivity index (χ1n) is 11.4. The summed E-state index contributed by atoms with van der Waals surface area (Å²) >= 11 is 0. The lowest BCUT2D eigenvalue weighted by molar-refractivity contribution is -0.139. The molecule has 1 aromatic carbocycles. The van der Waals surface area contributed by atoms with Gasteiger partial charge in [-0.1, -0.05) is 26.2 Å². The Morgan fingerprint density at radius 2 is 1.72 bits per heavy atom. The van der Waals surface area contributed by atoms with Crippen molar-refractivity contribution in [1.29, 1.82) is 0 Å². The third-order valence-electron chi connectivity index (χ3n) is 6.21. The molecule has 3 rings (SSSR count). The second-order valence-electron chi connectivity index (χ2n) is 8.40. The molecule has 0 atom stereocenters. The molecular formula is C24H36N2O3. The quantitative estimate of drug-likeness (QED) is 0.413. The highest BCUT2D eigenvalue weighted by molar-refractivity contribution is 5.96. The number of benzene rings is 1. The summed E-state index contributed by atoms with van der Waals surface area (Å²) in [5.41, 5.74) is 0.780. The largest absolute Gasteiger partial charge is 0.494 e. The van der Waals surface area contributed by atoms with E-state index >= 15 is 0 Å². The van der Waals surface area contributed by atoms with Gasteiger partial charge in [0.25, 0.3) is 0 Å². The number of ether oxygens (including phenoxy) is 1. The van der Waals surface area contributed by atoms with E-state index in [1.165, 1.54) is 6.42 Å². The van der Waals surface area contributed by atoms with Gasteiger partial charge < -0.3 is 9.64 Å². The highest BCUT2D eigenvalue weighted by atomic mass is 16.5. The second-order valence-corrected chi connectivity index (χ2v) is 8.40. The van der Waals surface area contributed by atoms with Crippen molar-refractivity contribution >= 4 is 11.7 Å². The predicted octanol–water partition coefficient (Wildman–Crippen LogP) is 4.16. The molecule has 0 unspecified atom stereocenters. The Morgan fingerprint density at radius 1 is 1.00 bits per heavy atom. The van der Waals surface area contributed by atoms with Gasteiger partial charge in [0.2, 0.25) is 5.91 Å². The molecule has 0 spiro atoms. The lowest BCUT2D eigenvalue weighted by atomic mass is 9.84. The normalized spacial score (nSPS) is 17.8. The first-order valence-corrected chi connectivity index (χ1v) is 11.4. The summed E-state index contributed by atoms with van der Waals surface area (Å²) < 4.78 is 5.84. The standard InChI is InChI=1S/C24H36N2O3/c1-2-3-4-9-23(27)20-10-12-22(13-11-20)29-19-6-14-25-15-17-26(18-16-25)24(28)21-7-5-8-21/h10-13,21H,2-9,14-19H2,1H3. The zero-order chi connectivity index (χ0) is 20.5. The topological polar surface area (TPSA) is 49.9 Å². The van der Waals surface area contributed by atoms with E-state index in [0.717, 1.165) is 82.6 Å². The number of Topliss-reactive ketones (excluding diaryl/α,β-unsaturated/α-hetero) is 1. The summed E-state index contributed by atoms with van der Waals surface area (Å²) in [6.07, 6.45) is 8.20. The van der Waals surface area contributed by atoms with Crippen LogP contribution < -0.4 is 4.74 Å². The lowest BCUT2D eigenvalue weighted by Crippen LogP contribution is -2.51. The Balaban J connectivity index is 1.29. The van der Waals surface area contributed by atoms with E-state index in [1.807, 2.05) is 24.3 Å². The molecular weight excluding hydrogens is 364 g/mol. The molecule has 5 heteroatoms. The minimum Gasteiger partial charge on any atom is -0.494 e. The van der Waals surface area contributed by atoms with E-state index in [4.69, 9.17) is 4.74 Å². The Bertz CT molecular complexity index is 647. The van der Waals surface area contributed by atoms with Crippen molar-refractivity contribution in [2.24, 2.45) is 5.92 Å². The van der Waals surface area contributed by atoms with Crippen molar-refractivity contribution in [3.63, 3.8) is 0 Å². The number of hydrogen-bond donors (Lipinski definition) is 0. The number of amides is 1. The maximum atomic E-state index is 12.3. The smallest absolute Gasteiger partial charge is 0.225 e. The van der Waals surface area contributed by atoms with Crippen LogP contribution in [-0.4, -0.2) is 60.8 Å². The van der Waals surface area contributed by atoms with Crippen LogP contribution in [0, 0.1) is 5.92 Å². The van der Waals surface area contributed by atoms with E-state index in [2.05, 4.69) is 16.7 Å². The maximum Gasteiger partial charge on any atom is 0.225 e. The number of piperazine rings is 1. The SMILES string of the molecule is CCCCCC(=O)c1ccc(OCCCN2CCN(C(=O)C3CCC3)CC2)cc1. The summed E-state index contributed by atoms with van der Waals surface area (Å²) in [5.74, 6) is 1.74. The molecule has 1 heterocycles. The van der Waals surface area contributed by atoms with E-state index in [1.54, 1.807) is 0 Å². The molecule has 0 aromatic heterocycles. The van der Waals surface area contributed by atoms with Crippen LogP contribution in [0.1, 0.15) is 68.6 Å². The van der Waals surface area contributed by atoms with Crippen LogP contribution in [0.4, 0.5) is 0 Å². The number of ketones is 1. The van der Waals surface area contributed by atoms with Crippen molar-refractivity contribution in [3.8, 4) is 5.75 Å². The highest BCUT2D eigenvalue weighted by Gasteiger charge is 2.30. The maximum absolute atomic E-state index is 12.3. The van der Waals surface area contributed by atoms with E-state index in [-0.39, 0.29) is 5.78 Å². The Hall–Kier alpha value is -1.88. The number of carbonyl (C=O) groups excluding carboxylic acids is 2. The van der Waals surface area contributed by atoms with Crippen LogP contribution in [0.2, 0.25) is 0 Å². The molecule has 2 fully saturated rings. The Labute approximate surface area is 175 Å². The fourth-order valence-corrected chi connectivity index (χ4v) is 4.00. The van der Waals surface area contributed by atoms with Crippen molar-refractivity contribution < 1.29 is 14.3 Å². The average molecular weight is 401 g/mol. The van der Waals surface area contributed by atoms with Crippen LogP contribution >= 0.6 is 0 Å². The Morgan fingerprint density at radius 3 is 2.34 bits per heavy atom. The molecule has 1 aliphatic heterocycles. The van der Waals surface area contributed by atoms with Gasteiger partial charge in [-0.25, -0.2) is 0 Å². The molecule has 29 heavy (non-hydrogen) atoms. The van der Waals surface area contributed by atoms with Crippen LogP contribution in [-0.2, 0) is 4.79 Å². The van der Waals surface area contributed by atoms with Crippen LogP contribution in [0.3, 0.4) is 0 Å². The number of hydrogen-bond acceptors (Lipinski definition) is 4. The number of rotatable bonds is 11. The third-order valence-corrected chi connectivity index (χ3v) is 6.21. The molecule has 0 radical (unpaired) electrons. The van der Waals surface area contributed by atoms with Gasteiger partial charge in [0, 0.05) is 50.6 Å². The number of carbonyl (C=O) groups is 2. The van der Waals surface area contributed by atoms with E-state index < -0.39 is 0 Å². The summed E-state index contributed by atoms with van der Waals surface area (Å²) in [6, 6.07) is 7.56. The van der Waals surface area contributed by atoms with Crippen LogP contribution in [0.15, 0.2) is 24.3 Å². The summed E-state index contributed by atoms with van der Waals surface area (Å²) in [6.45, 7) is 7.48. The second kappa shape index (κ2) is 11.3. The van der Waals surface area contributed by atoms with E-state index in [9.17, 15) is 9.59 Å². The molecule has 1 amide bonds. The number of unbranched alkanes of at least 4 members (excludes halogenated alkanes) is 2. The molecule has 1 aliphatic carbocycles. The van der Waals surface area contributed by atoms with Gasteiger partial charge in [0.15, 0.2) is 5.78 Å². The first-order chi connectivity index (χ1) is 14.2. The molecule has 5 nitrogen and oxygen atoms in total. The molecule has 1 aromatic rings.